The molecule has 1 aliphatic heterocycles. The first-order valence-electron chi connectivity index (χ1n) is 7.43. The van der Waals surface area contributed by atoms with E-state index in [1.807, 2.05) is 35.9 Å². The van der Waals surface area contributed by atoms with Gasteiger partial charge in [-0.25, -0.2) is 0 Å². The molecule has 0 aliphatic carbocycles. The highest BCUT2D eigenvalue weighted by Gasteiger charge is 2.22. The van der Waals surface area contributed by atoms with Crippen molar-refractivity contribution >= 4 is 17.2 Å². The minimum atomic E-state index is -0.0708. The van der Waals surface area contributed by atoms with Gasteiger partial charge in [0.2, 0.25) is 0 Å². The molecule has 116 valence electrons. The van der Waals surface area contributed by atoms with Gasteiger partial charge in [-0.15, -0.1) is 0 Å². The highest BCUT2D eigenvalue weighted by Crippen LogP contribution is 2.35. The third-order valence-corrected chi connectivity index (χ3v) is 4.28. The number of ether oxygens (including phenoxy) is 2. The summed E-state index contributed by atoms with van der Waals surface area (Å²) in [5.41, 5.74) is 2.80. The van der Waals surface area contributed by atoms with E-state index in [0.717, 1.165) is 23.5 Å². The molecule has 1 aromatic carbocycles. The molecule has 0 bridgehead atoms. The van der Waals surface area contributed by atoms with Gasteiger partial charge < -0.3 is 14.8 Å². The molecule has 22 heavy (non-hydrogen) atoms. The Morgan fingerprint density at radius 2 is 2.36 bits per heavy atom. The Labute approximate surface area is 134 Å². The number of rotatable bonds is 5. The number of hydrogen-bond acceptors (Lipinski definition) is 4. The van der Waals surface area contributed by atoms with E-state index >= 15 is 0 Å². The van der Waals surface area contributed by atoms with Crippen LogP contribution >= 0.6 is 11.3 Å². The Kier molecular flexibility index (Phi) is 4.34. The van der Waals surface area contributed by atoms with Crippen LogP contribution in [0.1, 0.15) is 35.3 Å². The average Bonchev–Trinajstić information content (AvgIpc) is 3.13. The number of hydrogen-bond donors (Lipinski definition) is 1. The number of nitrogens with one attached hydrogen (secondary N) is 1. The fraction of sp³-hybridized carbons (Fsp3) is 0.353. The molecule has 1 atom stereocenters. The van der Waals surface area contributed by atoms with Crippen molar-refractivity contribution in [3.63, 3.8) is 0 Å². The Hall–Kier alpha value is -2.01. The lowest BCUT2D eigenvalue weighted by molar-refractivity contribution is 0.0951. The summed E-state index contributed by atoms with van der Waals surface area (Å²) in [5, 5.41) is 6.67. The number of thiophene rings is 1. The molecule has 0 saturated carbocycles. The number of amides is 1. The third kappa shape index (κ3) is 3.09. The van der Waals surface area contributed by atoms with Gasteiger partial charge in [0.15, 0.2) is 0 Å². The molecule has 1 N–H and O–H groups in total. The standard InChI is InChI=1S/C17H19NO3S/c1-3-20-15-7-13-6-11(2)21-16(13)8-14(15)9-18-17(19)12-4-5-22-10-12/h4-5,7-8,10-11H,3,6,9H2,1-2H3,(H,18,19). The van der Waals surface area contributed by atoms with Gasteiger partial charge in [-0.1, -0.05) is 0 Å². The second kappa shape index (κ2) is 6.40. The predicted octanol–water partition coefficient (Wildman–Crippen LogP) is 3.40. The van der Waals surface area contributed by atoms with E-state index in [2.05, 4.69) is 12.2 Å². The Bertz CT molecular complexity index is 667. The van der Waals surface area contributed by atoms with Crippen LogP contribution in [0, 0.1) is 0 Å². The van der Waals surface area contributed by atoms with E-state index < -0.39 is 0 Å². The van der Waals surface area contributed by atoms with Crippen LogP contribution in [0.25, 0.3) is 0 Å². The van der Waals surface area contributed by atoms with Gasteiger partial charge >= 0.3 is 0 Å². The summed E-state index contributed by atoms with van der Waals surface area (Å²) in [7, 11) is 0. The Balaban J connectivity index is 1.77. The summed E-state index contributed by atoms with van der Waals surface area (Å²) < 4.78 is 11.5. The lowest BCUT2D eigenvalue weighted by atomic mass is 10.1. The van der Waals surface area contributed by atoms with Gasteiger partial charge in [0, 0.05) is 35.0 Å². The van der Waals surface area contributed by atoms with Crippen molar-refractivity contribution in [1.29, 1.82) is 0 Å². The first-order valence-corrected chi connectivity index (χ1v) is 8.37. The van der Waals surface area contributed by atoms with Crippen LogP contribution in [0.5, 0.6) is 11.5 Å². The van der Waals surface area contributed by atoms with Crippen LogP contribution in [-0.2, 0) is 13.0 Å². The maximum absolute atomic E-state index is 12.1. The van der Waals surface area contributed by atoms with Crippen molar-refractivity contribution in [2.45, 2.75) is 32.9 Å². The van der Waals surface area contributed by atoms with E-state index in [9.17, 15) is 4.79 Å². The Morgan fingerprint density at radius 3 is 3.09 bits per heavy atom. The molecular weight excluding hydrogens is 298 g/mol. The summed E-state index contributed by atoms with van der Waals surface area (Å²) >= 11 is 1.51. The zero-order valence-electron chi connectivity index (χ0n) is 12.7. The highest BCUT2D eigenvalue weighted by molar-refractivity contribution is 7.08. The van der Waals surface area contributed by atoms with Crippen molar-refractivity contribution in [1.82, 2.24) is 5.32 Å². The number of carbonyl (C=O) groups is 1. The van der Waals surface area contributed by atoms with E-state index in [4.69, 9.17) is 9.47 Å². The van der Waals surface area contributed by atoms with Crippen LogP contribution in [0.15, 0.2) is 29.0 Å². The van der Waals surface area contributed by atoms with E-state index in [1.165, 1.54) is 16.9 Å². The lowest BCUT2D eigenvalue weighted by Gasteiger charge is -2.13. The molecule has 1 unspecified atom stereocenters. The number of benzene rings is 1. The van der Waals surface area contributed by atoms with E-state index in [-0.39, 0.29) is 12.0 Å². The number of carbonyl (C=O) groups excluding carboxylic acids is 1. The fourth-order valence-electron chi connectivity index (χ4n) is 2.58. The minimum Gasteiger partial charge on any atom is -0.494 e. The number of fused-ring (bicyclic) bond motifs is 1. The molecule has 1 amide bonds. The summed E-state index contributed by atoms with van der Waals surface area (Å²) in [6.07, 6.45) is 1.09. The smallest absolute Gasteiger partial charge is 0.252 e. The highest BCUT2D eigenvalue weighted by atomic mass is 32.1. The van der Waals surface area contributed by atoms with Crippen LogP contribution in [0.2, 0.25) is 0 Å². The SMILES string of the molecule is CCOc1cc2c(cc1CNC(=O)c1ccsc1)OC(C)C2. The molecule has 3 rings (SSSR count). The molecule has 1 aliphatic rings. The monoisotopic (exact) mass is 317 g/mol. The quantitative estimate of drug-likeness (QED) is 0.919. The van der Waals surface area contributed by atoms with E-state index in [1.54, 1.807) is 0 Å². The zero-order chi connectivity index (χ0) is 15.5. The molecule has 5 heteroatoms. The second-order valence-corrected chi connectivity index (χ2v) is 6.11. The predicted molar refractivity (Wildman–Crippen MR) is 86.9 cm³/mol. The van der Waals surface area contributed by atoms with E-state index in [0.29, 0.717) is 18.7 Å². The summed E-state index contributed by atoms with van der Waals surface area (Å²) in [6, 6.07) is 5.84. The molecule has 4 nitrogen and oxygen atoms in total. The maximum atomic E-state index is 12.1. The topological polar surface area (TPSA) is 47.6 Å². The van der Waals surface area contributed by atoms with Crippen molar-refractivity contribution in [2.75, 3.05) is 6.61 Å². The summed E-state index contributed by atoms with van der Waals surface area (Å²) in [5.74, 6) is 1.65. The van der Waals surface area contributed by atoms with Crippen LogP contribution in [0.3, 0.4) is 0 Å². The normalized spacial score (nSPS) is 16.0. The first kappa shape index (κ1) is 14.9. The zero-order valence-corrected chi connectivity index (χ0v) is 13.5. The van der Waals surface area contributed by atoms with Crippen LogP contribution in [-0.4, -0.2) is 18.6 Å². The van der Waals surface area contributed by atoms with Gasteiger partial charge in [0.25, 0.3) is 5.91 Å². The first-order chi connectivity index (χ1) is 10.7. The molecule has 0 spiro atoms. The summed E-state index contributed by atoms with van der Waals surface area (Å²) in [4.78, 5) is 12.1. The minimum absolute atomic E-state index is 0.0708. The second-order valence-electron chi connectivity index (χ2n) is 5.33. The lowest BCUT2D eigenvalue weighted by Crippen LogP contribution is -2.22. The largest absolute Gasteiger partial charge is 0.494 e. The van der Waals surface area contributed by atoms with Gasteiger partial charge in [-0.05, 0) is 37.4 Å². The molecule has 0 radical (unpaired) electrons. The van der Waals surface area contributed by atoms with Gasteiger partial charge in [0.05, 0.1) is 6.61 Å². The molecule has 2 aromatic rings. The van der Waals surface area contributed by atoms with Crippen LogP contribution < -0.4 is 14.8 Å². The van der Waals surface area contributed by atoms with Crippen molar-refractivity contribution in [3.05, 3.63) is 45.6 Å². The average molecular weight is 317 g/mol. The summed E-state index contributed by atoms with van der Waals surface area (Å²) in [6.45, 7) is 5.04. The molecule has 2 heterocycles. The molecule has 0 saturated heterocycles. The molecule has 1 aromatic heterocycles. The van der Waals surface area contributed by atoms with Gasteiger partial charge in [0.1, 0.15) is 17.6 Å². The molecule has 0 fully saturated rings. The van der Waals surface area contributed by atoms with Gasteiger partial charge in [-0.2, -0.15) is 11.3 Å². The molecular formula is C17H19NO3S. The maximum Gasteiger partial charge on any atom is 0.252 e. The Morgan fingerprint density at radius 1 is 1.50 bits per heavy atom. The van der Waals surface area contributed by atoms with Crippen LogP contribution in [0.4, 0.5) is 0 Å². The fourth-order valence-corrected chi connectivity index (χ4v) is 3.22. The van der Waals surface area contributed by atoms with Crippen molar-refractivity contribution in [2.24, 2.45) is 0 Å². The third-order valence-electron chi connectivity index (χ3n) is 3.60. The van der Waals surface area contributed by atoms with Crippen molar-refractivity contribution < 1.29 is 14.3 Å². The van der Waals surface area contributed by atoms with Gasteiger partial charge in [-0.3, -0.25) is 4.79 Å². The van der Waals surface area contributed by atoms with Crippen molar-refractivity contribution in [3.8, 4) is 11.5 Å².